The molecule has 1 atom stereocenters. The monoisotopic (exact) mass is 685 g/mol. The van der Waals surface area contributed by atoms with Crippen molar-refractivity contribution >= 4 is 17.7 Å². The van der Waals surface area contributed by atoms with Crippen LogP contribution in [0.5, 0.6) is 0 Å². The molecular weight excluding hydrogens is 649 g/mol. The van der Waals surface area contributed by atoms with Crippen LogP contribution in [0.1, 0.15) is 55.1 Å². The Labute approximate surface area is 279 Å². The van der Waals surface area contributed by atoms with Crippen molar-refractivity contribution in [2.45, 2.75) is 68.8 Å². The van der Waals surface area contributed by atoms with E-state index in [-0.39, 0.29) is 40.7 Å². The van der Waals surface area contributed by atoms with Crippen LogP contribution in [0.2, 0.25) is 0 Å². The number of benzene rings is 3. The third-order valence-corrected chi connectivity index (χ3v) is 9.57. The van der Waals surface area contributed by atoms with Crippen LogP contribution in [-0.4, -0.2) is 56.7 Å². The van der Waals surface area contributed by atoms with Gasteiger partial charge in [0, 0.05) is 23.9 Å². The van der Waals surface area contributed by atoms with E-state index in [9.17, 15) is 31.5 Å². The van der Waals surface area contributed by atoms with Crippen LogP contribution < -0.4 is 5.56 Å². The lowest BCUT2D eigenvalue weighted by Gasteiger charge is -2.39. The van der Waals surface area contributed by atoms with Crippen molar-refractivity contribution in [3.05, 3.63) is 111 Å². The van der Waals surface area contributed by atoms with Gasteiger partial charge in [-0.2, -0.15) is 23.3 Å². The van der Waals surface area contributed by atoms with E-state index < -0.39 is 35.0 Å². The number of nitrogens with zero attached hydrogens (tertiary/aromatic N) is 5. The molecule has 1 aliphatic heterocycles. The van der Waals surface area contributed by atoms with E-state index in [1.165, 1.54) is 28.9 Å². The summed E-state index contributed by atoms with van der Waals surface area (Å²) in [7, 11) is 2.03. The minimum atomic E-state index is -4.42. The first-order valence-electron chi connectivity index (χ1n) is 15.7. The summed E-state index contributed by atoms with van der Waals surface area (Å²) in [4.78, 5) is 35.3. The van der Waals surface area contributed by atoms with Gasteiger partial charge in [-0.15, -0.1) is 0 Å². The molecule has 0 radical (unpaired) electrons. The highest BCUT2D eigenvalue weighted by atomic mass is 32.2. The Morgan fingerprint density at radius 3 is 2.23 bits per heavy atom. The van der Waals surface area contributed by atoms with Crippen molar-refractivity contribution in [1.82, 2.24) is 24.6 Å². The molecule has 0 saturated carbocycles. The number of likely N-dealkylation sites (tertiary alicyclic amines) is 1. The van der Waals surface area contributed by atoms with Gasteiger partial charge in [-0.25, -0.2) is 13.5 Å². The third kappa shape index (κ3) is 8.12. The molecule has 0 N–H and O–H groups in total. The standard InChI is InChI=1S/C35H36F5N5O2S/c1-4-30-32(46)41-34(48-21-26-6-5-7-29(36)31(26)37)45(42-30)22(2)33(47)44(28-16-18-43(3)19-17-28)20-23-8-10-24(11-9-23)25-12-14-27(15-13-25)35(38,39)40/h5-15,22,28H,4,16-21H2,1-3H3. The molecule has 254 valence electrons. The molecule has 48 heavy (non-hydrogen) atoms. The predicted octanol–water partition coefficient (Wildman–Crippen LogP) is 7.14. The third-order valence-electron chi connectivity index (χ3n) is 8.58. The van der Waals surface area contributed by atoms with Gasteiger partial charge in [0.15, 0.2) is 16.8 Å². The number of hydrogen-bond donors (Lipinski definition) is 0. The normalized spacial score (nSPS) is 15.0. The Morgan fingerprint density at radius 1 is 1.00 bits per heavy atom. The average Bonchev–Trinajstić information content (AvgIpc) is 3.07. The molecule has 1 amide bonds. The summed E-state index contributed by atoms with van der Waals surface area (Å²) >= 11 is 0.998. The van der Waals surface area contributed by atoms with Gasteiger partial charge in [-0.05, 0) is 81.2 Å². The quantitative estimate of drug-likeness (QED) is 0.131. The van der Waals surface area contributed by atoms with Crippen LogP contribution >= 0.6 is 11.8 Å². The molecule has 7 nitrogen and oxygen atoms in total. The van der Waals surface area contributed by atoms with E-state index in [1.54, 1.807) is 13.8 Å². The number of thioether (sulfide) groups is 1. The second kappa shape index (κ2) is 15.0. The zero-order valence-corrected chi connectivity index (χ0v) is 27.6. The molecule has 0 aliphatic carbocycles. The topological polar surface area (TPSA) is 71.3 Å². The molecule has 13 heteroatoms. The molecule has 4 aromatic rings. The number of hydrogen-bond acceptors (Lipinski definition) is 6. The highest BCUT2D eigenvalue weighted by molar-refractivity contribution is 7.98. The zero-order valence-electron chi connectivity index (χ0n) is 26.8. The van der Waals surface area contributed by atoms with Crippen LogP contribution in [0.15, 0.2) is 76.7 Å². The van der Waals surface area contributed by atoms with Gasteiger partial charge in [0.05, 0.1) is 5.56 Å². The fourth-order valence-electron chi connectivity index (χ4n) is 5.68. The first kappa shape index (κ1) is 35.2. The Bertz CT molecular complexity index is 1790. The summed E-state index contributed by atoms with van der Waals surface area (Å²) in [6.45, 7) is 5.32. The fraction of sp³-hybridized carbons (Fsp3) is 0.371. The highest BCUT2D eigenvalue weighted by Gasteiger charge is 2.33. The van der Waals surface area contributed by atoms with E-state index >= 15 is 0 Å². The van der Waals surface area contributed by atoms with Crippen molar-refractivity contribution in [2.75, 3.05) is 20.1 Å². The minimum Gasteiger partial charge on any atom is -0.333 e. The number of piperidine rings is 1. The lowest BCUT2D eigenvalue weighted by Crippen LogP contribution is -2.48. The maximum Gasteiger partial charge on any atom is 0.416 e. The van der Waals surface area contributed by atoms with Crippen LogP contribution in [0.3, 0.4) is 0 Å². The van der Waals surface area contributed by atoms with Crippen LogP contribution in [0, 0.1) is 11.6 Å². The van der Waals surface area contributed by atoms with E-state index in [0.29, 0.717) is 12.0 Å². The molecular formula is C35H36F5N5O2S. The molecule has 3 aromatic carbocycles. The van der Waals surface area contributed by atoms with Gasteiger partial charge >= 0.3 is 6.18 Å². The van der Waals surface area contributed by atoms with Gasteiger partial charge in [-0.3, -0.25) is 9.59 Å². The first-order chi connectivity index (χ1) is 22.8. The molecule has 0 spiro atoms. The molecule has 5 rings (SSSR count). The number of halogens is 5. The Kier molecular flexibility index (Phi) is 11.0. The lowest BCUT2D eigenvalue weighted by molar-refractivity contribution is -0.139. The summed E-state index contributed by atoms with van der Waals surface area (Å²) in [5.74, 6) is -2.25. The van der Waals surface area contributed by atoms with Crippen LogP contribution in [0.4, 0.5) is 22.0 Å². The molecule has 1 unspecified atom stereocenters. The second-order valence-electron chi connectivity index (χ2n) is 11.9. The Balaban J connectivity index is 1.42. The SMILES string of the molecule is CCc1nn(C(C)C(=O)N(Cc2ccc(-c3ccc(C(F)(F)F)cc3)cc2)C2CCN(C)CC2)c(SCc2cccc(F)c2F)nc1=O. The van der Waals surface area contributed by atoms with Crippen molar-refractivity contribution < 1.29 is 26.7 Å². The summed E-state index contributed by atoms with van der Waals surface area (Å²) in [6.07, 6.45) is -2.63. The maximum atomic E-state index is 14.4. The summed E-state index contributed by atoms with van der Waals surface area (Å²) in [6, 6.07) is 15.2. The van der Waals surface area contributed by atoms with Crippen molar-refractivity contribution in [1.29, 1.82) is 0 Å². The van der Waals surface area contributed by atoms with E-state index in [2.05, 4.69) is 15.0 Å². The Morgan fingerprint density at radius 2 is 1.62 bits per heavy atom. The summed E-state index contributed by atoms with van der Waals surface area (Å²) in [5.41, 5.74) is 1.22. The summed E-state index contributed by atoms with van der Waals surface area (Å²) in [5, 5.41) is 4.62. The predicted molar refractivity (Wildman–Crippen MR) is 174 cm³/mol. The number of alkyl halides is 3. The Hall–Kier alpha value is -4.10. The minimum absolute atomic E-state index is 0.0337. The smallest absolute Gasteiger partial charge is 0.333 e. The largest absolute Gasteiger partial charge is 0.416 e. The van der Waals surface area contributed by atoms with Gasteiger partial charge < -0.3 is 9.80 Å². The fourth-order valence-corrected chi connectivity index (χ4v) is 6.67. The lowest BCUT2D eigenvalue weighted by atomic mass is 10.00. The van der Waals surface area contributed by atoms with Crippen molar-refractivity contribution in [3.63, 3.8) is 0 Å². The number of aromatic nitrogens is 3. The van der Waals surface area contributed by atoms with Crippen molar-refractivity contribution in [2.24, 2.45) is 0 Å². The van der Waals surface area contributed by atoms with Crippen molar-refractivity contribution in [3.8, 4) is 11.1 Å². The molecule has 2 heterocycles. The summed E-state index contributed by atoms with van der Waals surface area (Å²) < 4.78 is 68.8. The maximum absolute atomic E-state index is 14.4. The molecule has 1 fully saturated rings. The first-order valence-corrected chi connectivity index (χ1v) is 16.6. The number of carbonyl (C=O) groups is 1. The van der Waals surface area contributed by atoms with Gasteiger partial charge in [0.25, 0.3) is 5.56 Å². The number of aryl methyl sites for hydroxylation is 1. The van der Waals surface area contributed by atoms with Crippen LogP contribution in [-0.2, 0) is 29.7 Å². The van der Waals surface area contributed by atoms with E-state index in [1.807, 2.05) is 36.2 Å². The van der Waals surface area contributed by atoms with Gasteiger partial charge in [0.1, 0.15) is 11.7 Å². The molecule has 1 aromatic heterocycles. The molecule has 1 aliphatic rings. The number of rotatable bonds is 10. The number of amides is 1. The highest BCUT2D eigenvalue weighted by Crippen LogP contribution is 2.32. The van der Waals surface area contributed by atoms with Crippen LogP contribution in [0.25, 0.3) is 11.1 Å². The zero-order chi connectivity index (χ0) is 34.6. The second-order valence-corrected chi connectivity index (χ2v) is 12.8. The molecule has 0 bridgehead atoms. The van der Waals surface area contributed by atoms with E-state index in [4.69, 9.17) is 0 Å². The average molecular weight is 686 g/mol. The number of carbonyl (C=O) groups excluding carboxylic acids is 1. The van der Waals surface area contributed by atoms with E-state index in [0.717, 1.165) is 67.0 Å². The molecule has 1 saturated heterocycles. The van der Waals surface area contributed by atoms with Gasteiger partial charge in [-0.1, -0.05) is 67.2 Å². The van der Waals surface area contributed by atoms with Gasteiger partial charge in [0.2, 0.25) is 5.91 Å².